The second-order valence-electron chi connectivity index (χ2n) is 4.25. The third kappa shape index (κ3) is 2.95. The average Bonchev–Trinajstić information content (AvgIpc) is 3.11. The zero-order valence-electron chi connectivity index (χ0n) is 9.71. The van der Waals surface area contributed by atoms with Gasteiger partial charge in [0.25, 0.3) is 6.43 Å². The van der Waals surface area contributed by atoms with Crippen molar-refractivity contribution < 1.29 is 22.3 Å². The highest BCUT2D eigenvalue weighted by atomic mass is 32.2. The Bertz CT molecular complexity index is 557. The molecule has 0 amide bonds. The highest BCUT2D eigenvalue weighted by molar-refractivity contribution is 7.92. The molecule has 1 aromatic rings. The molecule has 0 bridgehead atoms. The molecule has 0 spiro atoms. The Balaban J connectivity index is 2.19. The van der Waals surface area contributed by atoms with Crippen LogP contribution in [0.25, 0.3) is 0 Å². The third-order valence-electron chi connectivity index (χ3n) is 2.68. The zero-order valence-corrected chi connectivity index (χ0v) is 11.3. The number of hydrogen-bond acceptors (Lipinski definition) is 7. The minimum absolute atomic E-state index is 0.101. The summed E-state index contributed by atoms with van der Waals surface area (Å²) in [5, 5.41) is 11.1. The Morgan fingerprint density at radius 3 is 2.68 bits per heavy atom. The van der Waals surface area contributed by atoms with E-state index in [0.29, 0.717) is 12.8 Å². The fourth-order valence-corrected chi connectivity index (χ4v) is 4.41. The van der Waals surface area contributed by atoms with E-state index in [-0.39, 0.29) is 15.7 Å². The molecule has 0 aromatic carbocycles. The monoisotopic (exact) mass is 313 g/mol. The molecule has 0 saturated heterocycles. The van der Waals surface area contributed by atoms with Gasteiger partial charge in [0.15, 0.2) is 15.7 Å². The van der Waals surface area contributed by atoms with Crippen LogP contribution in [0.15, 0.2) is 4.90 Å². The van der Waals surface area contributed by atoms with E-state index in [2.05, 4.69) is 9.69 Å². The normalized spacial score (nSPS) is 17.7. The predicted octanol–water partition coefficient (Wildman–Crippen LogP) is 0.699. The topological polar surface area (TPSA) is 105 Å². The number of alkyl halides is 2. The van der Waals surface area contributed by atoms with E-state index in [1.54, 1.807) is 0 Å². The number of aromatic nitrogens is 1. The van der Waals surface area contributed by atoms with Crippen LogP contribution in [0.3, 0.4) is 0 Å². The van der Waals surface area contributed by atoms with Gasteiger partial charge in [-0.15, -0.1) is 0 Å². The van der Waals surface area contributed by atoms with E-state index in [1.807, 2.05) is 0 Å². The second-order valence-corrected chi connectivity index (χ2v) is 7.19. The van der Waals surface area contributed by atoms with Crippen molar-refractivity contribution in [1.29, 1.82) is 0 Å². The van der Waals surface area contributed by atoms with Crippen molar-refractivity contribution in [3.63, 3.8) is 0 Å². The van der Waals surface area contributed by atoms with Crippen molar-refractivity contribution in [1.82, 2.24) is 4.37 Å². The van der Waals surface area contributed by atoms with Crippen molar-refractivity contribution in [3.8, 4) is 0 Å². The molecule has 108 valence electrons. The summed E-state index contributed by atoms with van der Waals surface area (Å²) < 4.78 is 52.3. The van der Waals surface area contributed by atoms with E-state index >= 15 is 0 Å². The largest absolute Gasteiger partial charge is 0.385 e. The molecule has 1 atom stereocenters. The van der Waals surface area contributed by atoms with Gasteiger partial charge in [-0.25, -0.2) is 17.2 Å². The van der Waals surface area contributed by atoms with E-state index in [0.717, 1.165) is 11.5 Å². The molecule has 6 nitrogen and oxygen atoms in total. The van der Waals surface area contributed by atoms with Crippen LogP contribution in [-0.2, 0) is 9.84 Å². The lowest BCUT2D eigenvalue weighted by atomic mass is 10.4. The lowest BCUT2D eigenvalue weighted by Gasteiger charge is -2.11. The second kappa shape index (κ2) is 5.17. The summed E-state index contributed by atoms with van der Waals surface area (Å²) in [6.45, 7) is -0.466. The standard InChI is InChI=1S/C9H13F2N3O3S2/c10-7(11)5(15)3-13-9-6(8(12)14-18-9)19(16,17)4-1-2-4/h4-5,7,13,15H,1-3H2,(H2,12,14). The first kappa shape index (κ1) is 14.4. The van der Waals surface area contributed by atoms with Gasteiger partial charge in [0, 0.05) is 6.54 Å². The lowest BCUT2D eigenvalue weighted by Crippen LogP contribution is -2.27. The molecule has 10 heteroatoms. The number of nitrogen functional groups attached to an aromatic ring is 1. The lowest BCUT2D eigenvalue weighted by molar-refractivity contribution is 0.00386. The molecule has 1 fully saturated rings. The summed E-state index contributed by atoms with van der Waals surface area (Å²) in [6.07, 6.45) is -3.64. The predicted molar refractivity (Wildman–Crippen MR) is 67.2 cm³/mol. The maximum Gasteiger partial charge on any atom is 0.265 e. The molecule has 1 saturated carbocycles. The molecular weight excluding hydrogens is 300 g/mol. The summed E-state index contributed by atoms with van der Waals surface area (Å²) in [5.74, 6) is -0.133. The first-order chi connectivity index (χ1) is 8.84. The van der Waals surface area contributed by atoms with Gasteiger partial charge in [-0.1, -0.05) is 0 Å². The van der Waals surface area contributed by atoms with Crippen LogP contribution in [0.1, 0.15) is 12.8 Å². The van der Waals surface area contributed by atoms with E-state index in [4.69, 9.17) is 10.8 Å². The summed E-state index contributed by atoms with van der Waals surface area (Å²) in [7, 11) is -3.56. The molecule has 1 aliphatic rings. The minimum Gasteiger partial charge on any atom is -0.385 e. The molecular formula is C9H13F2N3O3S2. The molecule has 1 aliphatic carbocycles. The van der Waals surface area contributed by atoms with Gasteiger partial charge < -0.3 is 16.2 Å². The Kier molecular flexibility index (Phi) is 3.92. The summed E-state index contributed by atoms with van der Waals surface area (Å²) in [4.78, 5) is -0.138. The Morgan fingerprint density at radius 2 is 2.16 bits per heavy atom. The first-order valence-electron chi connectivity index (χ1n) is 5.53. The van der Waals surface area contributed by atoms with Gasteiger partial charge in [0.2, 0.25) is 0 Å². The summed E-state index contributed by atoms with van der Waals surface area (Å²) >= 11 is 0.781. The fourth-order valence-electron chi connectivity index (χ4n) is 1.51. The van der Waals surface area contributed by atoms with E-state index in [1.165, 1.54) is 0 Å². The van der Waals surface area contributed by atoms with Crippen molar-refractivity contribution in [2.75, 3.05) is 17.6 Å². The molecule has 1 heterocycles. The van der Waals surface area contributed by atoms with Gasteiger partial charge in [0.1, 0.15) is 16.0 Å². The van der Waals surface area contributed by atoms with E-state index < -0.39 is 34.2 Å². The number of nitrogens with two attached hydrogens (primary N) is 1. The van der Waals surface area contributed by atoms with Crippen LogP contribution >= 0.6 is 11.5 Å². The molecule has 1 aromatic heterocycles. The molecule has 2 rings (SSSR count). The van der Waals surface area contributed by atoms with Crippen LogP contribution in [0.5, 0.6) is 0 Å². The summed E-state index contributed by atoms with van der Waals surface area (Å²) in [5.41, 5.74) is 5.53. The number of anilines is 2. The Hall–Kier alpha value is -1.00. The highest BCUT2D eigenvalue weighted by Gasteiger charge is 2.40. The maximum atomic E-state index is 12.2. The van der Waals surface area contributed by atoms with Gasteiger partial charge >= 0.3 is 0 Å². The van der Waals surface area contributed by atoms with Gasteiger partial charge in [0.05, 0.1) is 5.25 Å². The van der Waals surface area contributed by atoms with E-state index in [9.17, 15) is 17.2 Å². The highest BCUT2D eigenvalue weighted by Crippen LogP contribution is 2.40. The number of hydrogen-bond donors (Lipinski definition) is 3. The van der Waals surface area contributed by atoms with Gasteiger partial charge in [-0.3, -0.25) is 0 Å². The molecule has 0 radical (unpaired) electrons. The average molecular weight is 313 g/mol. The quantitative estimate of drug-likeness (QED) is 0.714. The number of nitrogens with zero attached hydrogens (tertiary/aromatic N) is 1. The van der Waals surface area contributed by atoms with Crippen LogP contribution < -0.4 is 11.1 Å². The molecule has 19 heavy (non-hydrogen) atoms. The Labute approximate surface area is 112 Å². The number of halogens is 2. The van der Waals surface area contributed by atoms with Gasteiger partial charge in [-0.05, 0) is 24.4 Å². The number of sulfone groups is 1. The smallest absolute Gasteiger partial charge is 0.265 e. The number of aliphatic hydroxyl groups is 1. The zero-order chi connectivity index (χ0) is 14.2. The number of aliphatic hydroxyl groups excluding tert-OH is 1. The van der Waals surface area contributed by atoms with Gasteiger partial charge in [-0.2, -0.15) is 4.37 Å². The molecule has 1 unspecified atom stereocenters. The SMILES string of the molecule is Nc1nsc(NCC(O)C(F)F)c1S(=O)(=O)C1CC1. The Morgan fingerprint density at radius 1 is 1.53 bits per heavy atom. The molecule has 4 N–H and O–H groups in total. The van der Waals surface area contributed by atoms with Crippen molar-refractivity contribution in [2.45, 2.75) is 35.5 Å². The number of nitrogens with one attached hydrogen (secondary N) is 1. The van der Waals surface area contributed by atoms with Crippen LogP contribution in [0.2, 0.25) is 0 Å². The van der Waals surface area contributed by atoms with Crippen molar-refractivity contribution in [3.05, 3.63) is 0 Å². The van der Waals surface area contributed by atoms with Crippen molar-refractivity contribution >= 4 is 32.2 Å². The third-order valence-corrected chi connectivity index (χ3v) is 5.96. The summed E-state index contributed by atoms with van der Waals surface area (Å²) in [6, 6.07) is 0. The van der Waals surface area contributed by atoms with Crippen molar-refractivity contribution in [2.24, 2.45) is 0 Å². The van der Waals surface area contributed by atoms with Crippen LogP contribution in [0.4, 0.5) is 19.6 Å². The minimum atomic E-state index is -3.56. The van der Waals surface area contributed by atoms with Crippen LogP contribution in [0, 0.1) is 0 Å². The molecule has 0 aliphatic heterocycles. The maximum absolute atomic E-state index is 12.2. The number of rotatable bonds is 6. The first-order valence-corrected chi connectivity index (χ1v) is 7.85. The van der Waals surface area contributed by atoms with Crippen LogP contribution in [-0.4, -0.2) is 42.2 Å². The fraction of sp³-hybridized carbons (Fsp3) is 0.667.